The third-order valence-electron chi connectivity index (χ3n) is 5.43. The Hall–Kier alpha value is -1.39. The number of ether oxygens (including phenoxy) is 2. The highest BCUT2D eigenvalue weighted by molar-refractivity contribution is 5.76. The van der Waals surface area contributed by atoms with Crippen molar-refractivity contribution in [3.63, 3.8) is 0 Å². The second-order valence-electron chi connectivity index (χ2n) is 7.34. The first-order chi connectivity index (χ1) is 12.3. The van der Waals surface area contributed by atoms with Gasteiger partial charge in [0.05, 0.1) is 25.9 Å². The van der Waals surface area contributed by atoms with Crippen LogP contribution in [0.15, 0.2) is 30.3 Å². The lowest BCUT2D eigenvalue weighted by atomic mass is 10.0. The summed E-state index contributed by atoms with van der Waals surface area (Å²) < 4.78 is 11.6. The van der Waals surface area contributed by atoms with E-state index in [1.165, 1.54) is 31.2 Å². The van der Waals surface area contributed by atoms with Crippen molar-refractivity contribution in [1.29, 1.82) is 0 Å². The topological polar surface area (TPSA) is 38.8 Å². The van der Waals surface area contributed by atoms with Crippen molar-refractivity contribution >= 4 is 5.91 Å². The summed E-state index contributed by atoms with van der Waals surface area (Å²) in [7, 11) is 0. The Balaban J connectivity index is 1.24. The molecule has 138 valence electrons. The third kappa shape index (κ3) is 6.12. The molecule has 0 N–H and O–H groups in total. The summed E-state index contributed by atoms with van der Waals surface area (Å²) in [5, 5.41) is 0. The van der Waals surface area contributed by atoms with E-state index in [9.17, 15) is 4.79 Å². The monoisotopic (exact) mass is 345 g/mol. The summed E-state index contributed by atoms with van der Waals surface area (Å²) in [6.45, 7) is 3.59. The van der Waals surface area contributed by atoms with Crippen molar-refractivity contribution in [3.8, 4) is 0 Å². The van der Waals surface area contributed by atoms with Gasteiger partial charge in [-0.3, -0.25) is 4.79 Å². The predicted molar refractivity (Wildman–Crippen MR) is 98.2 cm³/mol. The van der Waals surface area contributed by atoms with Gasteiger partial charge in [-0.2, -0.15) is 0 Å². The minimum Gasteiger partial charge on any atom is -0.376 e. The molecule has 2 fully saturated rings. The Kier molecular flexibility index (Phi) is 7.31. The van der Waals surface area contributed by atoms with E-state index in [-0.39, 0.29) is 6.10 Å². The van der Waals surface area contributed by atoms with Gasteiger partial charge in [0.2, 0.25) is 5.91 Å². The van der Waals surface area contributed by atoms with Crippen LogP contribution in [0.25, 0.3) is 0 Å². The van der Waals surface area contributed by atoms with Gasteiger partial charge in [0.1, 0.15) is 0 Å². The number of carbonyl (C=O) groups is 1. The number of hydrogen-bond donors (Lipinski definition) is 0. The first kappa shape index (κ1) is 18.4. The lowest BCUT2D eigenvalue weighted by Gasteiger charge is -2.32. The van der Waals surface area contributed by atoms with Crippen molar-refractivity contribution in [2.24, 2.45) is 5.92 Å². The van der Waals surface area contributed by atoms with Gasteiger partial charge in [-0.15, -0.1) is 0 Å². The van der Waals surface area contributed by atoms with Gasteiger partial charge in [-0.25, -0.2) is 0 Å². The minimum absolute atomic E-state index is 0.274. The molecule has 0 unspecified atom stereocenters. The molecule has 4 heteroatoms. The zero-order chi connectivity index (χ0) is 17.3. The van der Waals surface area contributed by atoms with Crippen molar-refractivity contribution in [2.45, 2.75) is 57.7 Å². The Labute approximate surface area is 151 Å². The van der Waals surface area contributed by atoms with Crippen molar-refractivity contribution in [2.75, 3.05) is 26.3 Å². The van der Waals surface area contributed by atoms with Gasteiger partial charge in [-0.05, 0) is 37.2 Å². The van der Waals surface area contributed by atoms with Crippen LogP contribution < -0.4 is 0 Å². The minimum atomic E-state index is 0.274. The van der Waals surface area contributed by atoms with E-state index in [2.05, 4.69) is 12.1 Å². The molecule has 2 aliphatic rings. The highest BCUT2D eigenvalue weighted by atomic mass is 16.5. The molecule has 1 heterocycles. The molecule has 0 aromatic heterocycles. The number of nitrogens with zero attached hydrogens (tertiary/aromatic N) is 1. The van der Waals surface area contributed by atoms with Crippen LogP contribution in [0.2, 0.25) is 0 Å². The summed E-state index contributed by atoms with van der Waals surface area (Å²) in [6.07, 6.45) is 8.04. The fourth-order valence-electron chi connectivity index (χ4n) is 3.90. The second-order valence-corrected chi connectivity index (χ2v) is 7.34. The Morgan fingerprint density at radius 2 is 1.72 bits per heavy atom. The van der Waals surface area contributed by atoms with Crippen molar-refractivity contribution in [3.05, 3.63) is 35.9 Å². The third-order valence-corrected chi connectivity index (χ3v) is 5.43. The van der Waals surface area contributed by atoms with E-state index in [1.54, 1.807) is 0 Å². The maximum atomic E-state index is 12.4. The van der Waals surface area contributed by atoms with Crippen LogP contribution in [0.1, 0.15) is 50.5 Å². The standard InChI is InChI=1S/C21H31NO3/c23-21(16-18-6-4-5-7-18)22-12-10-20(11-13-22)25-15-14-24-17-19-8-2-1-3-9-19/h1-3,8-9,18,20H,4-7,10-17H2. The molecule has 1 aromatic rings. The number of likely N-dealkylation sites (tertiary alicyclic amines) is 1. The van der Waals surface area contributed by atoms with Gasteiger partial charge in [0.25, 0.3) is 0 Å². The highest BCUT2D eigenvalue weighted by Gasteiger charge is 2.26. The molecule has 0 spiro atoms. The van der Waals surface area contributed by atoms with E-state index in [4.69, 9.17) is 9.47 Å². The molecule has 4 nitrogen and oxygen atoms in total. The van der Waals surface area contributed by atoms with Crippen molar-refractivity contribution < 1.29 is 14.3 Å². The van der Waals surface area contributed by atoms with Crippen LogP contribution in [0, 0.1) is 5.92 Å². The lowest BCUT2D eigenvalue weighted by Crippen LogP contribution is -2.41. The van der Waals surface area contributed by atoms with Crippen LogP contribution >= 0.6 is 0 Å². The largest absolute Gasteiger partial charge is 0.376 e. The first-order valence-electron chi connectivity index (χ1n) is 9.82. The number of amides is 1. The molecule has 1 saturated carbocycles. The molecule has 25 heavy (non-hydrogen) atoms. The van der Waals surface area contributed by atoms with Gasteiger partial charge in [-0.1, -0.05) is 43.2 Å². The van der Waals surface area contributed by atoms with Crippen LogP contribution in [-0.2, 0) is 20.9 Å². The Bertz CT molecular complexity index is 505. The molecule has 0 atom stereocenters. The normalized spacial score (nSPS) is 19.4. The summed E-state index contributed by atoms with van der Waals surface area (Å²) in [6, 6.07) is 10.2. The summed E-state index contributed by atoms with van der Waals surface area (Å²) in [4.78, 5) is 14.4. The average molecular weight is 345 g/mol. The van der Waals surface area contributed by atoms with E-state index in [0.29, 0.717) is 31.6 Å². The predicted octanol–water partition coefficient (Wildman–Crippen LogP) is 3.79. The Morgan fingerprint density at radius 3 is 2.44 bits per heavy atom. The van der Waals surface area contributed by atoms with Gasteiger partial charge in [0.15, 0.2) is 0 Å². The van der Waals surface area contributed by atoms with Crippen LogP contribution in [-0.4, -0.2) is 43.2 Å². The van der Waals surface area contributed by atoms with Crippen LogP contribution in [0.4, 0.5) is 0 Å². The van der Waals surface area contributed by atoms with E-state index >= 15 is 0 Å². The van der Waals surface area contributed by atoms with Gasteiger partial charge < -0.3 is 14.4 Å². The first-order valence-corrected chi connectivity index (χ1v) is 9.82. The molecule has 1 amide bonds. The molecule has 1 aliphatic carbocycles. The van der Waals surface area contributed by atoms with Gasteiger partial charge in [0, 0.05) is 19.5 Å². The van der Waals surface area contributed by atoms with Crippen molar-refractivity contribution in [1.82, 2.24) is 4.90 Å². The average Bonchev–Trinajstić information content (AvgIpc) is 3.16. The number of benzene rings is 1. The number of carbonyl (C=O) groups excluding carboxylic acids is 1. The summed E-state index contributed by atoms with van der Waals surface area (Å²) in [5.74, 6) is 1.000. The van der Waals surface area contributed by atoms with Gasteiger partial charge >= 0.3 is 0 Å². The maximum Gasteiger partial charge on any atom is 0.222 e. The number of hydrogen-bond acceptors (Lipinski definition) is 3. The van der Waals surface area contributed by atoms with E-state index < -0.39 is 0 Å². The molecular formula is C21H31NO3. The summed E-state index contributed by atoms with van der Waals surface area (Å²) in [5.41, 5.74) is 1.19. The molecule has 0 radical (unpaired) electrons. The Morgan fingerprint density at radius 1 is 1.00 bits per heavy atom. The molecule has 1 saturated heterocycles. The zero-order valence-corrected chi connectivity index (χ0v) is 15.2. The van der Waals surface area contributed by atoms with E-state index in [0.717, 1.165) is 32.4 Å². The zero-order valence-electron chi connectivity index (χ0n) is 15.2. The molecular weight excluding hydrogens is 314 g/mol. The smallest absolute Gasteiger partial charge is 0.222 e. The van der Waals surface area contributed by atoms with Crippen LogP contribution in [0.3, 0.4) is 0 Å². The molecule has 1 aromatic carbocycles. The molecule has 3 rings (SSSR count). The fourth-order valence-corrected chi connectivity index (χ4v) is 3.90. The lowest BCUT2D eigenvalue weighted by molar-refractivity contribution is -0.135. The number of piperidine rings is 1. The molecule has 0 bridgehead atoms. The molecule has 1 aliphatic heterocycles. The quantitative estimate of drug-likeness (QED) is 0.673. The highest BCUT2D eigenvalue weighted by Crippen LogP contribution is 2.28. The fraction of sp³-hybridized carbons (Fsp3) is 0.667. The number of rotatable bonds is 8. The second kappa shape index (κ2) is 9.93. The van der Waals surface area contributed by atoms with Crippen LogP contribution in [0.5, 0.6) is 0 Å². The summed E-state index contributed by atoms with van der Waals surface area (Å²) >= 11 is 0. The van der Waals surface area contributed by atoms with E-state index in [1.807, 2.05) is 23.1 Å². The SMILES string of the molecule is O=C(CC1CCCC1)N1CCC(OCCOCc2ccccc2)CC1. The maximum absolute atomic E-state index is 12.4.